The van der Waals surface area contributed by atoms with E-state index in [9.17, 15) is 4.55 Å². The van der Waals surface area contributed by atoms with Gasteiger partial charge in [0.25, 0.3) is 5.50 Å². The second kappa shape index (κ2) is 6.78. The minimum Gasteiger partial charge on any atom is -0.613 e. The third-order valence-corrected chi connectivity index (χ3v) is 5.41. The molecular formula is C17H21N3O3S. The second-order valence-corrected chi connectivity index (χ2v) is 7.17. The van der Waals surface area contributed by atoms with Crippen molar-refractivity contribution in [1.29, 1.82) is 0 Å². The molecule has 0 aliphatic carbocycles. The van der Waals surface area contributed by atoms with Gasteiger partial charge >= 0.3 is 0 Å². The Balaban J connectivity index is 1.74. The minimum atomic E-state index is -1.19. The van der Waals surface area contributed by atoms with Crippen molar-refractivity contribution in [3.05, 3.63) is 41.2 Å². The van der Waals surface area contributed by atoms with Gasteiger partial charge in [0.1, 0.15) is 11.5 Å². The molecule has 0 bridgehead atoms. The molecule has 0 amide bonds. The van der Waals surface area contributed by atoms with Crippen molar-refractivity contribution in [3.8, 4) is 11.5 Å². The summed E-state index contributed by atoms with van der Waals surface area (Å²) in [6, 6.07) is 5.67. The zero-order valence-electron chi connectivity index (χ0n) is 14.2. The Labute approximate surface area is 144 Å². The van der Waals surface area contributed by atoms with Crippen LogP contribution >= 0.6 is 0 Å². The molecule has 128 valence electrons. The number of benzene rings is 1. The van der Waals surface area contributed by atoms with Crippen LogP contribution in [0, 0.1) is 13.8 Å². The molecule has 2 heterocycles. The highest BCUT2D eigenvalue weighted by Crippen LogP contribution is 2.34. The number of aryl methyl sites for hydroxylation is 1. The Morgan fingerprint density at radius 2 is 1.92 bits per heavy atom. The highest BCUT2D eigenvalue weighted by atomic mass is 32.2. The normalized spacial score (nSPS) is 16.8. The molecule has 2 N–H and O–H groups in total. The fraction of sp³-hybridized carbons (Fsp3) is 0.353. The summed E-state index contributed by atoms with van der Waals surface area (Å²) in [4.78, 5) is 4.43. The van der Waals surface area contributed by atoms with Crippen LogP contribution in [0.1, 0.15) is 16.8 Å². The molecule has 0 saturated carbocycles. The molecule has 0 radical (unpaired) electrons. The van der Waals surface area contributed by atoms with Crippen molar-refractivity contribution in [3.63, 3.8) is 0 Å². The number of aromatic nitrogens is 1. The van der Waals surface area contributed by atoms with Crippen LogP contribution in [0.5, 0.6) is 11.5 Å². The fourth-order valence-electron chi connectivity index (χ4n) is 2.78. The van der Waals surface area contributed by atoms with Crippen LogP contribution in [-0.4, -0.2) is 29.3 Å². The lowest BCUT2D eigenvalue weighted by Gasteiger charge is -2.19. The van der Waals surface area contributed by atoms with E-state index in [1.165, 1.54) is 0 Å². The molecule has 1 aromatic carbocycles. The minimum absolute atomic E-state index is 0.345. The van der Waals surface area contributed by atoms with Crippen molar-refractivity contribution in [2.45, 2.75) is 25.1 Å². The van der Waals surface area contributed by atoms with Gasteiger partial charge in [0.15, 0.2) is 5.75 Å². The van der Waals surface area contributed by atoms with Crippen molar-refractivity contribution < 1.29 is 14.0 Å². The predicted octanol–water partition coefficient (Wildman–Crippen LogP) is 2.79. The quantitative estimate of drug-likeness (QED) is 0.810. The lowest BCUT2D eigenvalue weighted by molar-refractivity contribution is 0.407. The summed E-state index contributed by atoms with van der Waals surface area (Å²) >= 11 is -1.19. The van der Waals surface area contributed by atoms with Gasteiger partial charge in [0.2, 0.25) is 0 Å². The maximum absolute atomic E-state index is 12.7. The van der Waals surface area contributed by atoms with Gasteiger partial charge in [-0.25, -0.2) is 0 Å². The summed E-state index contributed by atoms with van der Waals surface area (Å²) in [5, 5.41) is 6.48. The molecule has 2 atom stereocenters. The molecule has 24 heavy (non-hydrogen) atoms. The number of anilines is 2. The van der Waals surface area contributed by atoms with Crippen LogP contribution in [-0.2, 0) is 16.9 Å². The highest BCUT2D eigenvalue weighted by Gasteiger charge is 2.30. The molecule has 7 heteroatoms. The number of ether oxygens (including phenoxy) is 2. The summed E-state index contributed by atoms with van der Waals surface area (Å²) in [5.74, 6) is 1.91. The molecule has 0 spiro atoms. The van der Waals surface area contributed by atoms with Crippen LogP contribution in [0.4, 0.5) is 11.4 Å². The average molecular weight is 347 g/mol. The van der Waals surface area contributed by atoms with E-state index < -0.39 is 11.2 Å². The lowest BCUT2D eigenvalue weighted by atomic mass is 10.1. The predicted molar refractivity (Wildman–Crippen MR) is 96.1 cm³/mol. The average Bonchev–Trinajstić information content (AvgIpc) is 3.01. The van der Waals surface area contributed by atoms with Gasteiger partial charge in [-0.1, -0.05) is 0 Å². The zero-order chi connectivity index (χ0) is 17.3. The topological polar surface area (TPSA) is 78.5 Å². The van der Waals surface area contributed by atoms with E-state index in [1.807, 2.05) is 32.0 Å². The number of pyridine rings is 1. The van der Waals surface area contributed by atoms with Gasteiger partial charge in [-0.05, 0) is 37.2 Å². The standard InChI is InChI=1S/C17H21N3O3S/c1-10-8-18-15(11(2)16(10)23-4)9-24(21)17-19-13-6-5-12(22-3)7-14(13)20-17/h5-8,17,19-20H,9H2,1-4H3/t17?,24-/m1/s1. The van der Waals surface area contributed by atoms with Crippen LogP contribution in [0.3, 0.4) is 0 Å². The summed E-state index contributed by atoms with van der Waals surface area (Å²) < 4.78 is 23.4. The third kappa shape index (κ3) is 3.09. The third-order valence-electron chi connectivity index (χ3n) is 4.09. The molecular weight excluding hydrogens is 326 g/mol. The fourth-order valence-corrected chi connectivity index (χ4v) is 4.02. The Morgan fingerprint density at radius 1 is 1.17 bits per heavy atom. The van der Waals surface area contributed by atoms with Crippen LogP contribution < -0.4 is 20.1 Å². The van der Waals surface area contributed by atoms with Crippen LogP contribution in [0.15, 0.2) is 24.4 Å². The molecule has 0 fully saturated rings. The number of nitrogens with one attached hydrogen (secondary N) is 2. The van der Waals surface area contributed by atoms with Crippen molar-refractivity contribution in [1.82, 2.24) is 4.98 Å². The zero-order valence-corrected chi connectivity index (χ0v) is 15.0. The number of rotatable bonds is 5. The SMILES string of the molecule is COc1ccc2c(c1)NC([S@+]([O-])Cc1ncc(C)c(OC)c1C)N2. The monoisotopic (exact) mass is 347 g/mol. The van der Waals surface area contributed by atoms with Gasteiger partial charge in [-0.15, -0.1) is 0 Å². The van der Waals surface area contributed by atoms with E-state index in [1.54, 1.807) is 20.4 Å². The summed E-state index contributed by atoms with van der Waals surface area (Å²) in [5.41, 5.74) is 4.14. The molecule has 2 aromatic rings. The van der Waals surface area contributed by atoms with Gasteiger partial charge in [-0.3, -0.25) is 4.98 Å². The van der Waals surface area contributed by atoms with Gasteiger partial charge in [0, 0.05) is 23.4 Å². The number of methoxy groups -OCH3 is 2. The van der Waals surface area contributed by atoms with Crippen molar-refractivity contribution >= 4 is 22.6 Å². The van der Waals surface area contributed by atoms with Crippen LogP contribution in [0.25, 0.3) is 0 Å². The van der Waals surface area contributed by atoms with E-state index in [0.29, 0.717) is 5.75 Å². The van der Waals surface area contributed by atoms with E-state index >= 15 is 0 Å². The first kappa shape index (κ1) is 16.7. The Kier molecular flexibility index (Phi) is 4.73. The Morgan fingerprint density at radius 3 is 2.62 bits per heavy atom. The first-order chi connectivity index (χ1) is 11.5. The number of hydrogen-bond donors (Lipinski definition) is 2. The van der Waals surface area contributed by atoms with Crippen molar-refractivity contribution in [2.75, 3.05) is 24.9 Å². The Hall–Kier alpha value is -2.12. The first-order valence-electron chi connectivity index (χ1n) is 7.61. The molecule has 1 unspecified atom stereocenters. The molecule has 1 aliphatic heterocycles. The van der Waals surface area contributed by atoms with Gasteiger partial charge in [0.05, 0.1) is 31.3 Å². The van der Waals surface area contributed by atoms with E-state index in [-0.39, 0.29) is 5.50 Å². The molecule has 6 nitrogen and oxygen atoms in total. The molecule has 1 aliphatic rings. The molecule has 0 saturated heterocycles. The highest BCUT2D eigenvalue weighted by molar-refractivity contribution is 7.91. The van der Waals surface area contributed by atoms with E-state index in [0.717, 1.165) is 39.7 Å². The molecule has 1 aromatic heterocycles. The van der Waals surface area contributed by atoms with Crippen molar-refractivity contribution in [2.24, 2.45) is 0 Å². The maximum atomic E-state index is 12.7. The first-order valence-corrected chi connectivity index (χ1v) is 8.99. The van der Waals surface area contributed by atoms with Gasteiger partial charge in [-0.2, -0.15) is 0 Å². The maximum Gasteiger partial charge on any atom is 0.262 e. The largest absolute Gasteiger partial charge is 0.613 e. The summed E-state index contributed by atoms with van der Waals surface area (Å²) in [6.45, 7) is 3.89. The van der Waals surface area contributed by atoms with Crippen LogP contribution in [0.2, 0.25) is 0 Å². The Bertz CT molecular complexity index is 754. The van der Waals surface area contributed by atoms with Gasteiger partial charge < -0.3 is 24.7 Å². The lowest BCUT2D eigenvalue weighted by Crippen LogP contribution is -2.33. The molecule has 3 rings (SSSR count). The van der Waals surface area contributed by atoms with E-state index in [4.69, 9.17) is 9.47 Å². The number of nitrogens with zero attached hydrogens (tertiary/aromatic N) is 1. The second-order valence-electron chi connectivity index (χ2n) is 5.65. The summed E-state index contributed by atoms with van der Waals surface area (Å²) in [6.07, 6.45) is 1.76. The van der Waals surface area contributed by atoms with E-state index in [2.05, 4.69) is 15.6 Å². The smallest absolute Gasteiger partial charge is 0.262 e. The summed E-state index contributed by atoms with van der Waals surface area (Å²) in [7, 11) is 3.26. The number of fused-ring (bicyclic) bond motifs is 1. The number of hydrogen-bond acceptors (Lipinski definition) is 6.